The van der Waals surface area contributed by atoms with E-state index >= 15 is 0 Å². The van der Waals surface area contributed by atoms with Gasteiger partial charge in [-0.25, -0.2) is 33.5 Å². The molecule has 0 unspecified atom stereocenters. The van der Waals surface area contributed by atoms with Gasteiger partial charge in [-0.15, -0.1) is 0 Å². The Balaban J connectivity index is 2.06. The summed E-state index contributed by atoms with van der Waals surface area (Å²) in [4.78, 5) is 18.0. The molecule has 0 radical (unpaired) electrons. The number of hydrogen-bond acceptors (Lipinski definition) is 9. The van der Waals surface area contributed by atoms with Crippen LogP contribution in [-0.2, 0) is 15.8 Å². The van der Waals surface area contributed by atoms with Crippen LogP contribution in [0.5, 0.6) is 17.4 Å². The highest BCUT2D eigenvalue weighted by atomic mass is 32.2. The molecule has 0 saturated carbocycles. The summed E-state index contributed by atoms with van der Waals surface area (Å²) in [5, 5.41) is 5.21. The summed E-state index contributed by atoms with van der Waals surface area (Å²) in [6, 6.07) is 10.6. The summed E-state index contributed by atoms with van der Waals surface area (Å²) in [7, 11) is -0.755. The van der Waals surface area contributed by atoms with Crippen molar-refractivity contribution < 1.29 is 22.6 Å². The number of primary sulfonamides is 1. The first-order valence-corrected chi connectivity index (χ1v) is 11.6. The number of hydrogen-bond donors (Lipinski definition) is 1. The smallest absolute Gasteiger partial charge is 0.214 e. The van der Waals surface area contributed by atoms with Crippen molar-refractivity contribution in [1.29, 1.82) is 0 Å². The van der Waals surface area contributed by atoms with Gasteiger partial charge in [-0.1, -0.05) is 12.1 Å². The third-order valence-electron chi connectivity index (χ3n) is 4.64. The number of aromatic nitrogens is 5. The molecule has 33 heavy (non-hydrogen) atoms. The van der Waals surface area contributed by atoms with Crippen molar-refractivity contribution in [3.63, 3.8) is 0 Å². The van der Waals surface area contributed by atoms with Gasteiger partial charge in [0.05, 0.1) is 32.7 Å². The van der Waals surface area contributed by atoms with Crippen LogP contribution in [0.25, 0.3) is 28.5 Å². The quantitative estimate of drug-likeness (QED) is 0.409. The number of imidazole rings is 1. The number of nitrogens with zero attached hydrogens (tertiary/aromatic N) is 5. The lowest BCUT2D eigenvalue weighted by Gasteiger charge is -2.16. The van der Waals surface area contributed by atoms with E-state index in [1.807, 2.05) is 6.92 Å². The van der Waals surface area contributed by atoms with Crippen LogP contribution in [0.3, 0.4) is 0 Å². The molecular weight excluding hydrogens is 448 g/mol. The van der Waals surface area contributed by atoms with Gasteiger partial charge in [0, 0.05) is 6.07 Å². The van der Waals surface area contributed by atoms with E-state index in [4.69, 9.17) is 19.3 Å². The van der Waals surface area contributed by atoms with Crippen LogP contribution >= 0.6 is 0 Å². The van der Waals surface area contributed by atoms with Gasteiger partial charge < -0.3 is 14.2 Å². The summed E-state index contributed by atoms with van der Waals surface area (Å²) in [6.45, 7) is 2.32. The summed E-state index contributed by atoms with van der Waals surface area (Å²) < 4.78 is 41.7. The normalized spacial score (nSPS) is 11.5. The van der Waals surface area contributed by atoms with Crippen LogP contribution in [0, 0.1) is 0 Å². The summed E-state index contributed by atoms with van der Waals surface area (Å²) >= 11 is 0. The predicted octanol–water partition coefficient (Wildman–Crippen LogP) is 2.08. The molecular formula is C21H22N6O5S. The highest BCUT2D eigenvalue weighted by molar-refractivity contribution is 7.88. The van der Waals surface area contributed by atoms with E-state index in [-0.39, 0.29) is 17.0 Å². The Labute approximate surface area is 190 Å². The summed E-state index contributed by atoms with van der Waals surface area (Å²) in [5.41, 5.74) is 1.73. The number of rotatable bonds is 8. The van der Waals surface area contributed by atoms with Crippen LogP contribution in [0.15, 0.2) is 42.6 Å². The zero-order valence-corrected chi connectivity index (χ0v) is 19.0. The largest absolute Gasteiger partial charge is 0.494 e. The Kier molecular flexibility index (Phi) is 6.11. The minimum Gasteiger partial charge on any atom is -0.494 e. The first-order valence-electron chi connectivity index (χ1n) is 9.91. The Morgan fingerprint density at radius 2 is 1.70 bits per heavy atom. The fraction of sp³-hybridized carbons (Fsp3) is 0.238. The van der Waals surface area contributed by atoms with Crippen molar-refractivity contribution in [3.05, 3.63) is 48.3 Å². The first kappa shape index (κ1) is 22.4. The molecule has 0 saturated heterocycles. The molecule has 2 N–H and O–H groups in total. The van der Waals surface area contributed by atoms with Gasteiger partial charge in [0.2, 0.25) is 15.9 Å². The highest BCUT2D eigenvalue weighted by Crippen LogP contribution is 2.37. The predicted molar refractivity (Wildman–Crippen MR) is 121 cm³/mol. The van der Waals surface area contributed by atoms with E-state index in [0.29, 0.717) is 41.2 Å². The van der Waals surface area contributed by atoms with Crippen molar-refractivity contribution in [2.24, 2.45) is 5.14 Å². The molecule has 0 fully saturated rings. The average molecular weight is 471 g/mol. The molecule has 0 aliphatic heterocycles. The number of fused-ring (bicyclic) bond motifs is 1. The number of pyridine rings is 1. The monoisotopic (exact) mass is 470 g/mol. The lowest BCUT2D eigenvalue weighted by Crippen LogP contribution is -2.15. The average Bonchev–Trinajstić information content (AvgIpc) is 3.16. The molecule has 3 heterocycles. The third kappa shape index (κ3) is 4.56. The second-order valence-corrected chi connectivity index (χ2v) is 8.51. The topological polar surface area (TPSA) is 144 Å². The van der Waals surface area contributed by atoms with Crippen molar-refractivity contribution in [2.75, 3.05) is 20.8 Å². The van der Waals surface area contributed by atoms with Crippen LogP contribution in [0.1, 0.15) is 12.6 Å². The molecule has 0 spiro atoms. The van der Waals surface area contributed by atoms with E-state index in [0.717, 1.165) is 0 Å². The van der Waals surface area contributed by atoms with Gasteiger partial charge >= 0.3 is 0 Å². The van der Waals surface area contributed by atoms with Gasteiger partial charge in [-0.05, 0) is 25.1 Å². The fourth-order valence-electron chi connectivity index (χ4n) is 3.37. The maximum absolute atomic E-state index is 11.6. The number of sulfonamides is 1. The van der Waals surface area contributed by atoms with Crippen LogP contribution in [0.4, 0.5) is 0 Å². The maximum atomic E-state index is 11.6. The minimum atomic E-state index is -3.82. The molecule has 172 valence electrons. The van der Waals surface area contributed by atoms with Gasteiger partial charge in [0.1, 0.15) is 28.6 Å². The maximum Gasteiger partial charge on any atom is 0.214 e. The molecule has 0 aliphatic rings. The number of para-hydroxylation sites is 1. The van der Waals surface area contributed by atoms with Gasteiger partial charge in [-0.2, -0.15) is 0 Å². The second-order valence-electron chi connectivity index (χ2n) is 6.89. The van der Waals surface area contributed by atoms with E-state index in [2.05, 4.69) is 19.9 Å². The fourth-order valence-corrected chi connectivity index (χ4v) is 3.92. The van der Waals surface area contributed by atoms with Crippen molar-refractivity contribution in [1.82, 2.24) is 24.5 Å². The Bertz CT molecular complexity index is 1400. The molecule has 0 amide bonds. The standard InChI is InChI=1S/C21H22N6O5S/c1-4-32-17-10-5-7-14(25-17)20-26-19-21(24-13(11-23-19)12-33(22,28)29)27(20)18-15(30-2)8-6-9-16(18)31-3/h5-11H,4,12H2,1-3H3,(H2,22,28,29). The molecule has 4 rings (SSSR count). The molecule has 0 atom stereocenters. The van der Waals surface area contributed by atoms with Crippen molar-refractivity contribution >= 4 is 21.3 Å². The van der Waals surface area contributed by atoms with Gasteiger partial charge in [0.15, 0.2) is 17.1 Å². The summed E-state index contributed by atoms with van der Waals surface area (Å²) in [5.74, 6) is 1.31. The van der Waals surface area contributed by atoms with Gasteiger partial charge in [0.25, 0.3) is 0 Å². The van der Waals surface area contributed by atoms with Crippen LogP contribution in [-0.4, -0.2) is 53.7 Å². The first-order chi connectivity index (χ1) is 15.8. The number of ether oxygens (including phenoxy) is 3. The summed E-state index contributed by atoms with van der Waals surface area (Å²) in [6.07, 6.45) is 1.33. The molecule has 0 aliphatic carbocycles. The van der Waals surface area contributed by atoms with Crippen LogP contribution in [0.2, 0.25) is 0 Å². The zero-order chi connectivity index (χ0) is 23.6. The number of nitrogens with two attached hydrogens (primary N) is 1. The Hall–Kier alpha value is -3.77. The Morgan fingerprint density at radius 3 is 2.33 bits per heavy atom. The number of benzene rings is 1. The van der Waals surface area contributed by atoms with Crippen molar-refractivity contribution in [2.45, 2.75) is 12.7 Å². The minimum absolute atomic E-state index is 0.169. The van der Waals surface area contributed by atoms with Gasteiger partial charge in [-0.3, -0.25) is 4.57 Å². The van der Waals surface area contributed by atoms with E-state index in [9.17, 15) is 8.42 Å². The van der Waals surface area contributed by atoms with E-state index in [1.165, 1.54) is 20.4 Å². The SMILES string of the molecule is CCOc1cccc(-c2nc3ncc(CS(N)(=O)=O)nc3n2-c2c(OC)cccc2OC)n1. The molecule has 12 heteroatoms. The molecule has 11 nitrogen and oxygen atoms in total. The van der Waals surface area contributed by atoms with Crippen LogP contribution < -0.4 is 19.3 Å². The van der Waals surface area contributed by atoms with E-state index in [1.54, 1.807) is 41.0 Å². The lowest BCUT2D eigenvalue weighted by molar-refractivity contribution is 0.327. The van der Waals surface area contributed by atoms with Crippen molar-refractivity contribution in [3.8, 4) is 34.6 Å². The lowest BCUT2D eigenvalue weighted by atomic mass is 10.2. The zero-order valence-electron chi connectivity index (χ0n) is 18.2. The highest BCUT2D eigenvalue weighted by Gasteiger charge is 2.24. The molecule has 3 aromatic heterocycles. The molecule has 1 aromatic carbocycles. The molecule has 4 aromatic rings. The second kappa shape index (κ2) is 9.00. The number of methoxy groups -OCH3 is 2. The molecule has 0 bridgehead atoms. The Morgan fingerprint density at radius 1 is 1.00 bits per heavy atom. The third-order valence-corrected chi connectivity index (χ3v) is 5.34. The van der Waals surface area contributed by atoms with E-state index < -0.39 is 15.8 Å².